The van der Waals surface area contributed by atoms with Gasteiger partial charge in [0.1, 0.15) is 22.9 Å². The van der Waals surface area contributed by atoms with Gasteiger partial charge in [-0.05, 0) is 24.3 Å². The van der Waals surface area contributed by atoms with Gasteiger partial charge in [0.05, 0.1) is 0 Å². The van der Waals surface area contributed by atoms with E-state index in [2.05, 4.69) is 15.4 Å². The second kappa shape index (κ2) is 6.96. The fourth-order valence-electron chi connectivity index (χ4n) is 2.42. The highest BCUT2D eigenvalue weighted by Crippen LogP contribution is 2.37. The molecule has 0 unspecified atom stereocenters. The number of aromatic amines is 1. The van der Waals surface area contributed by atoms with Crippen molar-refractivity contribution in [3.8, 4) is 34.0 Å². The maximum absolute atomic E-state index is 11.3. The Hall–Kier alpha value is -3.48. The summed E-state index contributed by atoms with van der Waals surface area (Å²) < 4.78 is 10.5. The van der Waals surface area contributed by atoms with Gasteiger partial charge in [-0.3, -0.25) is 9.59 Å². The molecular weight excluding hydrogens is 322 g/mol. The van der Waals surface area contributed by atoms with Gasteiger partial charge in [-0.1, -0.05) is 24.3 Å². The van der Waals surface area contributed by atoms with E-state index in [0.29, 0.717) is 34.0 Å². The molecule has 3 rings (SSSR count). The number of para-hydroxylation sites is 2. The SMILES string of the molecule is CC(=O)Oc1ccccc1-c1n[nH]nc1-c1ccccc1OC(C)=O. The topological polar surface area (TPSA) is 94.2 Å². The van der Waals surface area contributed by atoms with Crippen LogP contribution in [0.15, 0.2) is 48.5 Å². The molecule has 3 aromatic rings. The van der Waals surface area contributed by atoms with Gasteiger partial charge in [0.15, 0.2) is 0 Å². The van der Waals surface area contributed by atoms with E-state index in [-0.39, 0.29) is 0 Å². The van der Waals surface area contributed by atoms with Crippen molar-refractivity contribution in [1.29, 1.82) is 0 Å². The van der Waals surface area contributed by atoms with Crippen LogP contribution in [0.3, 0.4) is 0 Å². The molecular formula is C18H15N3O4. The number of hydrogen-bond acceptors (Lipinski definition) is 6. The van der Waals surface area contributed by atoms with Crippen LogP contribution in [-0.2, 0) is 9.59 Å². The van der Waals surface area contributed by atoms with Crippen molar-refractivity contribution in [2.24, 2.45) is 0 Å². The summed E-state index contributed by atoms with van der Waals surface area (Å²) in [5, 5.41) is 10.9. The number of nitrogens with one attached hydrogen (secondary N) is 1. The Balaban J connectivity index is 2.12. The minimum atomic E-state index is -0.433. The summed E-state index contributed by atoms with van der Waals surface area (Å²) in [6, 6.07) is 14.0. The summed E-state index contributed by atoms with van der Waals surface area (Å²) in [4.78, 5) is 22.7. The van der Waals surface area contributed by atoms with Crippen molar-refractivity contribution in [2.45, 2.75) is 13.8 Å². The lowest BCUT2D eigenvalue weighted by molar-refractivity contribution is -0.132. The zero-order chi connectivity index (χ0) is 17.8. The summed E-state index contributed by atoms with van der Waals surface area (Å²) in [7, 11) is 0. The first-order valence-corrected chi connectivity index (χ1v) is 7.52. The van der Waals surface area contributed by atoms with E-state index in [1.165, 1.54) is 13.8 Å². The first-order valence-electron chi connectivity index (χ1n) is 7.52. The third kappa shape index (κ3) is 3.55. The lowest BCUT2D eigenvalue weighted by Crippen LogP contribution is -2.04. The van der Waals surface area contributed by atoms with Gasteiger partial charge in [0.2, 0.25) is 0 Å². The van der Waals surface area contributed by atoms with Crippen LogP contribution in [0.25, 0.3) is 22.5 Å². The Labute approximate surface area is 143 Å². The Morgan fingerprint density at radius 2 is 1.16 bits per heavy atom. The van der Waals surface area contributed by atoms with Crippen molar-refractivity contribution in [3.63, 3.8) is 0 Å². The van der Waals surface area contributed by atoms with Crippen LogP contribution < -0.4 is 9.47 Å². The van der Waals surface area contributed by atoms with E-state index in [0.717, 1.165) is 0 Å². The molecule has 0 atom stereocenters. The van der Waals surface area contributed by atoms with Crippen LogP contribution >= 0.6 is 0 Å². The van der Waals surface area contributed by atoms with Gasteiger partial charge in [-0.15, -0.1) is 0 Å². The van der Waals surface area contributed by atoms with Crippen molar-refractivity contribution in [1.82, 2.24) is 15.4 Å². The second-order valence-corrected chi connectivity index (χ2v) is 5.20. The summed E-state index contributed by atoms with van der Waals surface area (Å²) in [5.41, 5.74) is 2.16. The number of aromatic nitrogens is 3. The third-order valence-corrected chi connectivity index (χ3v) is 3.34. The van der Waals surface area contributed by atoms with Crippen molar-refractivity contribution >= 4 is 11.9 Å². The van der Waals surface area contributed by atoms with Crippen LogP contribution in [0.5, 0.6) is 11.5 Å². The average Bonchev–Trinajstić information content (AvgIpc) is 3.04. The molecule has 0 bridgehead atoms. The predicted octanol–water partition coefficient (Wildman–Crippen LogP) is 2.99. The fourth-order valence-corrected chi connectivity index (χ4v) is 2.42. The van der Waals surface area contributed by atoms with Crippen LogP contribution in [0.2, 0.25) is 0 Å². The second-order valence-electron chi connectivity index (χ2n) is 5.20. The highest BCUT2D eigenvalue weighted by atomic mass is 16.5. The summed E-state index contributed by atoms with van der Waals surface area (Å²) in [6.07, 6.45) is 0. The van der Waals surface area contributed by atoms with Gasteiger partial charge in [0, 0.05) is 25.0 Å². The maximum Gasteiger partial charge on any atom is 0.308 e. The van der Waals surface area contributed by atoms with Gasteiger partial charge < -0.3 is 9.47 Å². The summed E-state index contributed by atoms with van der Waals surface area (Å²) in [6.45, 7) is 2.66. The van der Waals surface area contributed by atoms with Gasteiger partial charge in [-0.2, -0.15) is 15.4 Å². The van der Waals surface area contributed by atoms with Crippen LogP contribution in [-0.4, -0.2) is 27.3 Å². The molecule has 1 N–H and O–H groups in total. The lowest BCUT2D eigenvalue weighted by atomic mass is 10.0. The van der Waals surface area contributed by atoms with Gasteiger partial charge in [0.25, 0.3) is 0 Å². The molecule has 0 fully saturated rings. The lowest BCUT2D eigenvalue weighted by Gasteiger charge is -2.10. The average molecular weight is 337 g/mol. The molecule has 0 aliphatic carbocycles. The number of H-pyrrole nitrogens is 1. The first kappa shape index (κ1) is 16.4. The Morgan fingerprint density at radius 1 is 0.760 bits per heavy atom. The van der Waals surface area contributed by atoms with Crippen LogP contribution in [0, 0.1) is 0 Å². The molecule has 0 radical (unpaired) electrons. The minimum absolute atomic E-state index is 0.370. The monoisotopic (exact) mass is 337 g/mol. The summed E-state index contributed by atoms with van der Waals surface area (Å²) >= 11 is 0. The van der Waals surface area contributed by atoms with E-state index >= 15 is 0 Å². The van der Waals surface area contributed by atoms with Gasteiger partial charge in [-0.25, -0.2) is 0 Å². The molecule has 7 heteroatoms. The van der Waals surface area contributed by atoms with Gasteiger partial charge >= 0.3 is 11.9 Å². The molecule has 0 aliphatic heterocycles. The molecule has 0 spiro atoms. The number of carbonyl (C=O) groups is 2. The minimum Gasteiger partial charge on any atom is -0.426 e. The van der Waals surface area contributed by atoms with Crippen molar-refractivity contribution in [3.05, 3.63) is 48.5 Å². The smallest absolute Gasteiger partial charge is 0.308 e. The number of ether oxygens (including phenoxy) is 2. The summed E-state index contributed by atoms with van der Waals surface area (Å²) in [5.74, 6) is -0.124. The quantitative estimate of drug-likeness (QED) is 0.581. The van der Waals surface area contributed by atoms with E-state index in [4.69, 9.17) is 9.47 Å². The van der Waals surface area contributed by atoms with E-state index in [1.807, 2.05) is 0 Å². The molecule has 1 heterocycles. The molecule has 2 aromatic carbocycles. The predicted molar refractivity (Wildman–Crippen MR) is 89.9 cm³/mol. The number of esters is 2. The van der Waals surface area contributed by atoms with Crippen LogP contribution in [0.1, 0.15) is 13.8 Å². The molecule has 0 saturated carbocycles. The number of benzene rings is 2. The fraction of sp³-hybridized carbons (Fsp3) is 0.111. The molecule has 0 aliphatic rings. The first-order chi connectivity index (χ1) is 12.1. The number of hydrogen-bond donors (Lipinski definition) is 1. The Morgan fingerprint density at radius 3 is 1.56 bits per heavy atom. The van der Waals surface area contributed by atoms with E-state index in [1.54, 1.807) is 48.5 Å². The molecule has 126 valence electrons. The highest BCUT2D eigenvalue weighted by Gasteiger charge is 2.20. The molecule has 25 heavy (non-hydrogen) atoms. The van der Waals surface area contributed by atoms with E-state index in [9.17, 15) is 9.59 Å². The van der Waals surface area contributed by atoms with Crippen molar-refractivity contribution in [2.75, 3.05) is 0 Å². The van der Waals surface area contributed by atoms with E-state index < -0.39 is 11.9 Å². The standard InChI is InChI=1S/C18H15N3O4/c1-11(22)24-15-9-5-3-7-13(15)17-18(20-21-19-17)14-8-4-6-10-16(14)25-12(2)23/h3-10H,1-2H3,(H,19,20,21). The molecule has 7 nitrogen and oxygen atoms in total. The molecule has 1 aromatic heterocycles. The number of carbonyl (C=O) groups excluding carboxylic acids is 2. The zero-order valence-electron chi connectivity index (χ0n) is 13.6. The Kier molecular flexibility index (Phi) is 4.56. The highest BCUT2D eigenvalue weighted by molar-refractivity contribution is 5.85. The normalized spacial score (nSPS) is 10.3. The largest absolute Gasteiger partial charge is 0.426 e. The molecule has 0 amide bonds. The van der Waals surface area contributed by atoms with Crippen LogP contribution in [0.4, 0.5) is 0 Å². The molecule has 0 saturated heterocycles. The Bertz CT molecular complexity index is 859. The maximum atomic E-state index is 11.3. The number of rotatable bonds is 4. The number of nitrogens with zero attached hydrogens (tertiary/aromatic N) is 2. The zero-order valence-corrected chi connectivity index (χ0v) is 13.6. The van der Waals surface area contributed by atoms with Crippen molar-refractivity contribution < 1.29 is 19.1 Å². The third-order valence-electron chi connectivity index (χ3n) is 3.34.